The maximum absolute atomic E-state index is 12.0. The van der Waals surface area contributed by atoms with Crippen LogP contribution in [0.15, 0.2) is 24.3 Å². The number of alkyl halides is 3. The second-order valence-electron chi connectivity index (χ2n) is 5.07. The number of nitrogens with two attached hydrogens (primary N) is 1. The minimum atomic E-state index is -4.74. The fraction of sp³-hybridized carbons (Fsp3) is 0.462. The summed E-state index contributed by atoms with van der Waals surface area (Å²) >= 11 is 0. The lowest BCUT2D eigenvalue weighted by Crippen LogP contribution is -2.46. The van der Waals surface area contributed by atoms with Crippen molar-refractivity contribution in [1.82, 2.24) is 5.32 Å². The highest BCUT2D eigenvalue weighted by Gasteiger charge is 2.31. The number of amides is 2. The van der Waals surface area contributed by atoms with Gasteiger partial charge in [-0.2, -0.15) is 0 Å². The van der Waals surface area contributed by atoms with Crippen LogP contribution in [0.2, 0.25) is 0 Å². The van der Waals surface area contributed by atoms with Gasteiger partial charge in [-0.15, -0.1) is 13.2 Å². The zero-order valence-corrected chi connectivity index (χ0v) is 11.8. The molecule has 0 saturated heterocycles. The van der Waals surface area contributed by atoms with Crippen LogP contribution in [0, 0.1) is 0 Å². The Balaban J connectivity index is 2.58. The predicted octanol–water partition coefficient (Wildman–Crippen LogP) is 2.83. The molecule has 0 spiro atoms. The number of hydrogen-bond donors (Lipinski definition) is 3. The Hall–Kier alpha value is -1.96. The molecule has 1 aromatic rings. The molecule has 0 radical (unpaired) electrons. The van der Waals surface area contributed by atoms with Gasteiger partial charge in [-0.25, -0.2) is 4.79 Å². The summed E-state index contributed by atoms with van der Waals surface area (Å²) in [6.45, 7) is 4.07. The van der Waals surface area contributed by atoms with Crippen LogP contribution in [-0.4, -0.2) is 24.5 Å². The van der Waals surface area contributed by atoms with Gasteiger partial charge < -0.3 is 21.1 Å². The molecule has 0 heterocycles. The van der Waals surface area contributed by atoms with Gasteiger partial charge in [-0.3, -0.25) is 0 Å². The molecule has 0 aliphatic heterocycles. The van der Waals surface area contributed by atoms with E-state index in [-0.39, 0.29) is 5.75 Å². The standard InChI is InChI=1S/C13H18F3N3O2/c1-12(2,7-8-17)19-11(20)18-9-3-5-10(6-4-9)21-13(14,15)16/h3-6H,7-8,17H2,1-2H3,(H2,18,19,20). The average Bonchev–Trinajstić information content (AvgIpc) is 2.28. The second kappa shape index (κ2) is 6.66. The van der Waals surface area contributed by atoms with E-state index in [0.29, 0.717) is 18.7 Å². The topological polar surface area (TPSA) is 76.4 Å². The van der Waals surface area contributed by atoms with Crippen molar-refractivity contribution >= 4 is 11.7 Å². The van der Waals surface area contributed by atoms with Gasteiger partial charge in [0.05, 0.1) is 0 Å². The first-order valence-corrected chi connectivity index (χ1v) is 6.26. The van der Waals surface area contributed by atoms with E-state index < -0.39 is 17.9 Å². The highest BCUT2D eigenvalue weighted by atomic mass is 19.4. The molecule has 0 aromatic heterocycles. The quantitative estimate of drug-likeness (QED) is 0.783. The van der Waals surface area contributed by atoms with E-state index in [0.717, 1.165) is 12.1 Å². The number of carbonyl (C=O) groups is 1. The molecular weight excluding hydrogens is 287 g/mol. The molecule has 4 N–H and O–H groups in total. The molecule has 0 bridgehead atoms. The van der Waals surface area contributed by atoms with E-state index in [1.165, 1.54) is 12.1 Å². The number of halogens is 3. The van der Waals surface area contributed by atoms with Crippen molar-refractivity contribution in [2.45, 2.75) is 32.2 Å². The van der Waals surface area contributed by atoms with Gasteiger partial charge in [-0.05, 0) is 51.1 Å². The van der Waals surface area contributed by atoms with Gasteiger partial charge >= 0.3 is 12.4 Å². The molecule has 0 saturated carbocycles. The number of carbonyl (C=O) groups excluding carboxylic acids is 1. The smallest absolute Gasteiger partial charge is 0.406 e. The Bertz CT molecular complexity index is 473. The number of hydrogen-bond acceptors (Lipinski definition) is 3. The van der Waals surface area contributed by atoms with Gasteiger partial charge in [0.25, 0.3) is 0 Å². The van der Waals surface area contributed by atoms with Gasteiger partial charge in [-0.1, -0.05) is 0 Å². The summed E-state index contributed by atoms with van der Waals surface area (Å²) in [5.74, 6) is -0.350. The molecule has 0 atom stereocenters. The Kier molecular flexibility index (Phi) is 5.42. The first kappa shape index (κ1) is 17.1. The molecule has 0 fully saturated rings. The van der Waals surface area contributed by atoms with Crippen LogP contribution in [0.3, 0.4) is 0 Å². The predicted molar refractivity (Wildman–Crippen MR) is 73.0 cm³/mol. The number of benzene rings is 1. The SMILES string of the molecule is CC(C)(CCN)NC(=O)Nc1ccc(OC(F)(F)F)cc1. The molecule has 21 heavy (non-hydrogen) atoms. The summed E-state index contributed by atoms with van der Waals surface area (Å²) < 4.78 is 39.7. The summed E-state index contributed by atoms with van der Waals surface area (Å²) in [6.07, 6.45) is -4.14. The van der Waals surface area contributed by atoms with E-state index in [1.54, 1.807) is 0 Å². The monoisotopic (exact) mass is 305 g/mol. The summed E-state index contributed by atoms with van der Waals surface area (Å²) in [4.78, 5) is 11.7. The summed E-state index contributed by atoms with van der Waals surface area (Å²) in [5, 5.41) is 5.24. The highest BCUT2D eigenvalue weighted by Crippen LogP contribution is 2.23. The third kappa shape index (κ3) is 6.84. The zero-order chi connectivity index (χ0) is 16.1. The first-order chi connectivity index (χ1) is 9.61. The minimum Gasteiger partial charge on any atom is -0.406 e. The number of urea groups is 1. The van der Waals surface area contributed by atoms with Gasteiger partial charge in [0.1, 0.15) is 5.75 Å². The van der Waals surface area contributed by atoms with E-state index in [4.69, 9.17) is 5.73 Å². The Morgan fingerprint density at radius 1 is 1.24 bits per heavy atom. The van der Waals surface area contributed by atoms with E-state index in [1.807, 2.05) is 13.8 Å². The molecule has 5 nitrogen and oxygen atoms in total. The lowest BCUT2D eigenvalue weighted by atomic mass is 10.0. The molecular formula is C13H18F3N3O2. The van der Waals surface area contributed by atoms with Crippen molar-refractivity contribution in [3.63, 3.8) is 0 Å². The third-order valence-corrected chi connectivity index (χ3v) is 2.57. The maximum atomic E-state index is 12.0. The van der Waals surface area contributed by atoms with Crippen molar-refractivity contribution in [2.75, 3.05) is 11.9 Å². The van der Waals surface area contributed by atoms with Crippen LogP contribution in [0.5, 0.6) is 5.75 Å². The second-order valence-corrected chi connectivity index (χ2v) is 5.07. The largest absolute Gasteiger partial charge is 0.573 e. The first-order valence-electron chi connectivity index (χ1n) is 6.26. The Morgan fingerprint density at radius 2 is 1.81 bits per heavy atom. The van der Waals surface area contributed by atoms with Crippen LogP contribution in [0.25, 0.3) is 0 Å². The Morgan fingerprint density at radius 3 is 2.29 bits per heavy atom. The van der Waals surface area contributed by atoms with Crippen molar-refractivity contribution < 1.29 is 22.7 Å². The van der Waals surface area contributed by atoms with E-state index in [9.17, 15) is 18.0 Å². The molecule has 0 aliphatic carbocycles. The number of ether oxygens (including phenoxy) is 1. The third-order valence-electron chi connectivity index (χ3n) is 2.57. The van der Waals surface area contributed by atoms with E-state index in [2.05, 4.69) is 15.4 Å². The van der Waals surface area contributed by atoms with Crippen molar-refractivity contribution in [3.05, 3.63) is 24.3 Å². The molecule has 0 unspecified atom stereocenters. The summed E-state index contributed by atoms with van der Waals surface area (Å²) in [7, 11) is 0. The van der Waals surface area contributed by atoms with Crippen LogP contribution >= 0.6 is 0 Å². The summed E-state index contributed by atoms with van der Waals surface area (Å²) in [6, 6.07) is 4.41. The maximum Gasteiger partial charge on any atom is 0.573 e. The Labute approximate surface area is 120 Å². The van der Waals surface area contributed by atoms with Crippen molar-refractivity contribution in [2.24, 2.45) is 5.73 Å². The lowest BCUT2D eigenvalue weighted by molar-refractivity contribution is -0.274. The van der Waals surface area contributed by atoms with Crippen molar-refractivity contribution in [3.8, 4) is 5.75 Å². The van der Waals surface area contributed by atoms with Gasteiger partial charge in [0.15, 0.2) is 0 Å². The molecule has 2 amide bonds. The molecule has 1 aromatic carbocycles. The van der Waals surface area contributed by atoms with Crippen LogP contribution in [0.1, 0.15) is 20.3 Å². The average molecular weight is 305 g/mol. The van der Waals surface area contributed by atoms with Crippen LogP contribution in [0.4, 0.5) is 23.7 Å². The zero-order valence-electron chi connectivity index (χ0n) is 11.8. The fourth-order valence-corrected chi connectivity index (χ4v) is 1.63. The molecule has 1 rings (SSSR count). The minimum absolute atomic E-state index is 0.350. The molecule has 118 valence electrons. The summed E-state index contributed by atoms with van der Waals surface area (Å²) in [5.41, 5.74) is 5.31. The number of anilines is 1. The van der Waals surface area contributed by atoms with Gasteiger partial charge in [0.2, 0.25) is 0 Å². The fourth-order valence-electron chi connectivity index (χ4n) is 1.63. The van der Waals surface area contributed by atoms with Crippen molar-refractivity contribution in [1.29, 1.82) is 0 Å². The van der Waals surface area contributed by atoms with E-state index >= 15 is 0 Å². The van der Waals surface area contributed by atoms with Gasteiger partial charge in [0, 0.05) is 11.2 Å². The lowest BCUT2D eigenvalue weighted by Gasteiger charge is -2.25. The molecule has 8 heteroatoms. The van der Waals surface area contributed by atoms with Crippen LogP contribution < -0.4 is 21.1 Å². The number of nitrogens with one attached hydrogen (secondary N) is 2. The number of rotatable bonds is 5. The highest BCUT2D eigenvalue weighted by molar-refractivity contribution is 5.89. The van der Waals surface area contributed by atoms with Crippen LogP contribution in [-0.2, 0) is 0 Å². The molecule has 0 aliphatic rings. The normalized spacial score (nSPS) is 11.9.